The van der Waals surface area contributed by atoms with Crippen molar-refractivity contribution in [3.63, 3.8) is 0 Å². The first-order valence-electron chi connectivity index (χ1n) is 9.85. The summed E-state index contributed by atoms with van der Waals surface area (Å²) in [7, 11) is 3.69. The number of aromatic nitrogens is 2. The van der Waals surface area contributed by atoms with Crippen molar-refractivity contribution < 1.29 is 9.84 Å². The number of para-hydroxylation sites is 1. The van der Waals surface area contributed by atoms with Crippen molar-refractivity contribution in [2.75, 3.05) is 26.7 Å². The summed E-state index contributed by atoms with van der Waals surface area (Å²) in [6.07, 6.45) is 11.4. The third kappa shape index (κ3) is 3.30. The Labute approximate surface area is 161 Å². The maximum atomic E-state index is 11.6. The standard InChI is InChI=1S/C22H29N3O2/c1-24-14-12-23-21(24)22(26)18-9-5-10-19(22)16-25(15-18)13-6-8-17-7-3-4-11-20(17)27-2/h3-4,6-8,11-12,14,18-19,26H,5,9-10,13,15-16H2,1-2H3/b8-6+/t18-,19-/m1/s1. The molecule has 1 saturated carbocycles. The fourth-order valence-corrected chi connectivity index (χ4v) is 4.94. The molecule has 2 heterocycles. The fraction of sp³-hybridized carbons (Fsp3) is 0.500. The molecule has 0 spiro atoms. The van der Waals surface area contributed by atoms with Crippen LogP contribution in [0.25, 0.3) is 6.08 Å². The third-order valence-electron chi connectivity index (χ3n) is 6.29. The smallest absolute Gasteiger partial charge is 0.141 e. The molecule has 1 aliphatic carbocycles. The van der Waals surface area contributed by atoms with Crippen molar-refractivity contribution in [3.05, 3.63) is 54.1 Å². The summed E-state index contributed by atoms with van der Waals surface area (Å²) in [4.78, 5) is 6.98. The van der Waals surface area contributed by atoms with Gasteiger partial charge in [-0.05, 0) is 18.9 Å². The molecule has 5 nitrogen and oxygen atoms in total. The second-order valence-electron chi connectivity index (χ2n) is 7.87. The van der Waals surface area contributed by atoms with E-state index < -0.39 is 5.60 Å². The predicted octanol–water partition coefficient (Wildman–Crippen LogP) is 3.06. The molecule has 1 aromatic heterocycles. The highest BCUT2D eigenvalue weighted by molar-refractivity contribution is 5.57. The minimum Gasteiger partial charge on any atom is -0.496 e. The summed E-state index contributed by atoms with van der Waals surface area (Å²) in [5, 5.41) is 11.6. The van der Waals surface area contributed by atoms with Gasteiger partial charge in [-0.2, -0.15) is 0 Å². The molecule has 5 heteroatoms. The van der Waals surface area contributed by atoms with E-state index in [0.29, 0.717) is 0 Å². The summed E-state index contributed by atoms with van der Waals surface area (Å²) in [6, 6.07) is 8.07. The zero-order valence-electron chi connectivity index (χ0n) is 16.2. The van der Waals surface area contributed by atoms with Crippen LogP contribution in [-0.4, -0.2) is 46.3 Å². The number of fused-ring (bicyclic) bond motifs is 2. The Bertz CT molecular complexity index is 799. The molecular formula is C22H29N3O2. The molecule has 2 bridgehead atoms. The van der Waals surface area contributed by atoms with Crippen molar-refractivity contribution in [3.8, 4) is 5.75 Å². The second-order valence-corrected chi connectivity index (χ2v) is 7.87. The SMILES string of the molecule is COc1ccccc1/C=C/CN1C[C@H]2CCC[C@H](C1)C2(O)c1nccn1C. The summed E-state index contributed by atoms with van der Waals surface area (Å²) in [6.45, 7) is 2.72. The summed E-state index contributed by atoms with van der Waals surface area (Å²) in [5.41, 5.74) is 0.307. The molecule has 4 rings (SSSR count). The van der Waals surface area contributed by atoms with E-state index in [2.05, 4.69) is 28.1 Å². The molecule has 1 aromatic carbocycles. The second kappa shape index (κ2) is 7.49. The molecule has 2 atom stereocenters. The normalized spacial score (nSPS) is 28.6. The van der Waals surface area contributed by atoms with E-state index in [0.717, 1.165) is 49.6 Å². The highest BCUT2D eigenvalue weighted by Gasteiger charge is 2.53. The minimum absolute atomic E-state index is 0.241. The number of nitrogens with zero attached hydrogens (tertiary/aromatic N) is 3. The van der Waals surface area contributed by atoms with Gasteiger partial charge in [-0.15, -0.1) is 0 Å². The molecule has 27 heavy (non-hydrogen) atoms. The van der Waals surface area contributed by atoms with Gasteiger partial charge in [0.25, 0.3) is 0 Å². The number of imidazole rings is 1. The summed E-state index contributed by atoms with van der Waals surface area (Å²) < 4.78 is 7.41. The highest BCUT2D eigenvalue weighted by atomic mass is 16.5. The maximum Gasteiger partial charge on any atom is 0.141 e. The van der Waals surface area contributed by atoms with Crippen LogP contribution < -0.4 is 4.74 Å². The average Bonchev–Trinajstić information content (AvgIpc) is 3.09. The van der Waals surface area contributed by atoms with Gasteiger partial charge in [-0.3, -0.25) is 4.90 Å². The van der Waals surface area contributed by atoms with E-state index in [1.807, 2.05) is 36.0 Å². The molecule has 2 aromatic rings. The van der Waals surface area contributed by atoms with Gasteiger partial charge in [-0.25, -0.2) is 4.98 Å². The van der Waals surface area contributed by atoms with Gasteiger partial charge in [0.15, 0.2) is 0 Å². The largest absolute Gasteiger partial charge is 0.496 e. The number of ether oxygens (including phenoxy) is 1. The monoisotopic (exact) mass is 367 g/mol. The first-order chi connectivity index (χ1) is 13.1. The number of benzene rings is 1. The van der Waals surface area contributed by atoms with Crippen LogP contribution >= 0.6 is 0 Å². The number of hydrogen-bond donors (Lipinski definition) is 1. The Morgan fingerprint density at radius 3 is 2.67 bits per heavy atom. The topological polar surface area (TPSA) is 50.5 Å². The van der Waals surface area contributed by atoms with Crippen LogP contribution in [0.1, 0.15) is 30.7 Å². The fourth-order valence-electron chi connectivity index (χ4n) is 4.94. The Kier molecular flexibility index (Phi) is 5.06. The molecule has 2 fully saturated rings. The van der Waals surface area contributed by atoms with Gasteiger partial charge in [-0.1, -0.05) is 36.8 Å². The van der Waals surface area contributed by atoms with Crippen LogP contribution in [-0.2, 0) is 12.6 Å². The van der Waals surface area contributed by atoms with E-state index in [-0.39, 0.29) is 11.8 Å². The maximum absolute atomic E-state index is 11.6. The number of likely N-dealkylation sites (tertiary alicyclic amines) is 1. The zero-order valence-corrected chi connectivity index (χ0v) is 16.2. The van der Waals surface area contributed by atoms with Crippen LogP contribution in [0.5, 0.6) is 5.75 Å². The number of rotatable bonds is 5. The molecule has 0 unspecified atom stereocenters. The third-order valence-corrected chi connectivity index (χ3v) is 6.29. The Morgan fingerprint density at radius 1 is 1.26 bits per heavy atom. The number of piperidine rings is 1. The first kappa shape index (κ1) is 18.3. The van der Waals surface area contributed by atoms with E-state index in [1.54, 1.807) is 13.3 Å². The average molecular weight is 367 g/mol. The van der Waals surface area contributed by atoms with Crippen molar-refractivity contribution in [1.29, 1.82) is 0 Å². The van der Waals surface area contributed by atoms with Crippen molar-refractivity contribution in [1.82, 2.24) is 14.5 Å². The zero-order chi connectivity index (χ0) is 18.9. The Morgan fingerprint density at radius 2 is 2.00 bits per heavy atom. The molecule has 0 radical (unpaired) electrons. The van der Waals surface area contributed by atoms with Gasteiger partial charge >= 0.3 is 0 Å². The lowest BCUT2D eigenvalue weighted by atomic mass is 9.65. The van der Waals surface area contributed by atoms with Crippen molar-refractivity contribution in [2.24, 2.45) is 18.9 Å². The van der Waals surface area contributed by atoms with E-state index in [4.69, 9.17) is 4.74 Å². The number of aryl methyl sites for hydroxylation is 1. The van der Waals surface area contributed by atoms with E-state index >= 15 is 0 Å². The lowest BCUT2D eigenvalue weighted by Gasteiger charge is -2.52. The van der Waals surface area contributed by atoms with Crippen molar-refractivity contribution >= 4 is 6.08 Å². The molecule has 144 valence electrons. The number of hydrogen-bond acceptors (Lipinski definition) is 4. The Hall–Kier alpha value is -2.11. The van der Waals surface area contributed by atoms with Gasteiger partial charge < -0.3 is 14.4 Å². The molecule has 0 amide bonds. The molecule has 2 aliphatic rings. The summed E-state index contributed by atoms with van der Waals surface area (Å²) in [5.74, 6) is 2.21. The first-order valence-corrected chi connectivity index (χ1v) is 9.85. The van der Waals surface area contributed by atoms with Gasteiger partial charge in [0, 0.05) is 56.5 Å². The lowest BCUT2D eigenvalue weighted by Crippen LogP contribution is -2.59. The molecule has 1 aliphatic heterocycles. The van der Waals surface area contributed by atoms with E-state index in [1.165, 1.54) is 6.42 Å². The van der Waals surface area contributed by atoms with Crippen LogP contribution in [0.15, 0.2) is 42.7 Å². The van der Waals surface area contributed by atoms with Gasteiger partial charge in [0.2, 0.25) is 0 Å². The van der Waals surface area contributed by atoms with E-state index in [9.17, 15) is 5.11 Å². The van der Waals surface area contributed by atoms with Gasteiger partial charge in [0.1, 0.15) is 17.2 Å². The molecule has 1 saturated heterocycles. The number of methoxy groups -OCH3 is 1. The van der Waals surface area contributed by atoms with Crippen LogP contribution in [0, 0.1) is 11.8 Å². The predicted molar refractivity (Wildman–Crippen MR) is 106 cm³/mol. The van der Waals surface area contributed by atoms with Crippen LogP contribution in [0.4, 0.5) is 0 Å². The van der Waals surface area contributed by atoms with Crippen molar-refractivity contribution in [2.45, 2.75) is 24.9 Å². The number of aliphatic hydroxyl groups is 1. The summed E-state index contributed by atoms with van der Waals surface area (Å²) >= 11 is 0. The quantitative estimate of drug-likeness (QED) is 0.882. The molecular weight excluding hydrogens is 338 g/mol. The van der Waals surface area contributed by atoms with Crippen LogP contribution in [0.3, 0.4) is 0 Å². The highest BCUT2D eigenvalue weighted by Crippen LogP contribution is 2.48. The molecule has 1 N–H and O–H groups in total. The lowest BCUT2D eigenvalue weighted by molar-refractivity contribution is -0.151. The van der Waals surface area contributed by atoms with Gasteiger partial charge in [0.05, 0.1) is 7.11 Å². The minimum atomic E-state index is -0.792. The van der Waals surface area contributed by atoms with Crippen LogP contribution in [0.2, 0.25) is 0 Å². The Balaban J connectivity index is 1.48.